The summed E-state index contributed by atoms with van der Waals surface area (Å²) < 4.78 is 6.18. The van der Waals surface area contributed by atoms with Crippen LogP contribution in [0, 0.1) is 33.6 Å². The van der Waals surface area contributed by atoms with Crippen molar-refractivity contribution < 1.29 is 9.84 Å². The van der Waals surface area contributed by atoms with Gasteiger partial charge in [0.2, 0.25) is 0 Å². The summed E-state index contributed by atoms with van der Waals surface area (Å²) in [5.41, 5.74) is 7.01. The highest BCUT2D eigenvalue weighted by atomic mass is 16.5. The standard InChI is InChI=1S/C25H35NO2/c1-17-12-22(13-18(2)24(17)27)6-7-23-14-19(3)25(20(4)15-23)28-11-9-21-8-10-26(5)16-21/h12-15,21,27H,6-11,16H2,1-5H3. The Bertz CT molecular complexity index is 781. The molecule has 1 atom stereocenters. The van der Waals surface area contributed by atoms with Crippen molar-refractivity contribution in [2.75, 3.05) is 26.7 Å². The fraction of sp³-hybridized carbons (Fsp3) is 0.520. The van der Waals surface area contributed by atoms with Gasteiger partial charge >= 0.3 is 0 Å². The molecule has 0 aromatic heterocycles. The molecule has 2 aromatic rings. The molecule has 0 bridgehead atoms. The summed E-state index contributed by atoms with van der Waals surface area (Å²) in [4.78, 5) is 2.41. The predicted octanol–water partition coefficient (Wildman–Crippen LogP) is 5.13. The van der Waals surface area contributed by atoms with Crippen LogP contribution in [0.25, 0.3) is 0 Å². The Hall–Kier alpha value is -2.00. The monoisotopic (exact) mass is 381 g/mol. The summed E-state index contributed by atoms with van der Waals surface area (Å²) in [6, 6.07) is 8.73. The van der Waals surface area contributed by atoms with Gasteiger partial charge in [0.15, 0.2) is 0 Å². The molecule has 1 N–H and O–H groups in total. The molecule has 1 saturated heterocycles. The highest BCUT2D eigenvalue weighted by Crippen LogP contribution is 2.28. The van der Waals surface area contributed by atoms with E-state index in [1.165, 1.54) is 41.8 Å². The molecule has 1 aliphatic heterocycles. The maximum absolute atomic E-state index is 9.96. The number of likely N-dealkylation sites (tertiary alicyclic amines) is 1. The Morgan fingerprint density at radius 1 is 0.929 bits per heavy atom. The third-order valence-corrected chi connectivity index (χ3v) is 6.03. The fourth-order valence-corrected chi connectivity index (χ4v) is 4.48. The topological polar surface area (TPSA) is 32.7 Å². The number of phenolic OH excluding ortho intramolecular Hbond substituents is 1. The van der Waals surface area contributed by atoms with E-state index in [-0.39, 0.29) is 0 Å². The zero-order valence-electron chi connectivity index (χ0n) is 18.1. The van der Waals surface area contributed by atoms with E-state index in [1.54, 1.807) is 0 Å². The van der Waals surface area contributed by atoms with Crippen molar-refractivity contribution in [3.8, 4) is 11.5 Å². The first-order valence-corrected chi connectivity index (χ1v) is 10.5. The summed E-state index contributed by atoms with van der Waals surface area (Å²) in [7, 11) is 2.20. The van der Waals surface area contributed by atoms with E-state index in [4.69, 9.17) is 4.74 Å². The Labute approximate surface area is 170 Å². The zero-order valence-corrected chi connectivity index (χ0v) is 18.1. The van der Waals surface area contributed by atoms with Gasteiger partial charge in [-0.3, -0.25) is 0 Å². The third-order valence-electron chi connectivity index (χ3n) is 6.03. The van der Waals surface area contributed by atoms with Gasteiger partial charge in [-0.15, -0.1) is 0 Å². The lowest BCUT2D eigenvalue weighted by Gasteiger charge is -2.16. The van der Waals surface area contributed by atoms with E-state index in [0.29, 0.717) is 5.75 Å². The Kier molecular flexibility index (Phi) is 6.66. The van der Waals surface area contributed by atoms with Gasteiger partial charge in [0.25, 0.3) is 0 Å². The molecule has 1 fully saturated rings. The first-order valence-electron chi connectivity index (χ1n) is 10.5. The van der Waals surface area contributed by atoms with Gasteiger partial charge in [0.1, 0.15) is 11.5 Å². The highest BCUT2D eigenvalue weighted by Gasteiger charge is 2.19. The highest BCUT2D eigenvalue weighted by molar-refractivity contribution is 5.45. The van der Waals surface area contributed by atoms with Crippen LogP contribution in [0.4, 0.5) is 0 Å². The Morgan fingerprint density at radius 3 is 1.96 bits per heavy atom. The maximum atomic E-state index is 9.96. The Balaban J connectivity index is 1.58. The van der Waals surface area contributed by atoms with Crippen molar-refractivity contribution in [1.82, 2.24) is 4.90 Å². The summed E-state index contributed by atoms with van der Waals surface area (Å²) in [6.07, 6.45) is 4.42. The number of ether oxygens (including phenoxy) is 1. The third kappa shape index (κ3) is 5.08. The number of nitrogens with zero attached hydrogens (tertiary/aromatic N) is 1. The number of rotatable bonds is 7. The molecule has 28 heavy (non-hydrogen) atoms. The van der Waals surface area contributed by atoms with E-state index >= 15 is 0 Å². The second-order valence-electron chi connectivity index (χ2n) is 8.69. The molecule has 0 aliphatic carbocycles. The normalized spacial score (nSPS) is 17.2. The van der Waals surface area contributed by atoms with Crippen LogP contribution in [-0.2, 0) is 12.8 Å². The van der Waals surface area contributed by atoms with Gasteiger partial charge in [-0.25, -0.2) is 0 Å². The molecule has 0 radical (unpaired) electrons. The minimum absolute atomic E-state index is 0.418. The van der Waals surface area contributed by atoms with Crippen LogP contribution < -0.4 is 4.74 Å². The average molecular weight is 382 g/mol. The van der Waals surface area contributed by atoms with Crippen LogP contribution in [-0.4, -0.2) is 36.8 Å². The smallest absolute Gasteiger partial charge is 0.125 e. The summed E-state index contributed by atoms with van der Waals surface area (Å²) in [6.45, 7) is 11.5. The van der Waals surface area contributed by atoms with E-state index in [9.17, 15) is 5.11 Å². The lowest BCUT2D eigenvalue weighted by atomic mass is 9.97. The maximum Gasteiger partial charge on any atom is 0.125 e. The molecule has 3 heteroatoms. The minimum Gasteiger partial charge on any atom is -0.507 e. The van der Waals surface area contributed by atoms with E-state index in [0.717, 1.165) is 48.7 Å². The van der Waals surface area contributed by atoms with Crippen molar-refractivity contribution >= 4 is 0 Å². The molecule has 1 aliphatic rings. The first-order chi connectivity index (χ1) is 13.3. The molecule has 3 rings (SSSR count). The lowest BCUT2D eigenvalue weighted by Crippen LogP contribution is -2.15. The number of hydrogen-bond donors (Lipinski definition) is 1. The van der Waals surface area contributed by atoms with Crippen molar-refractivity contribution in [1.29, 1.82) is 0 Å². The molecular weight excluding hydrogens is 346 g/mol. The number of benzene rings is 2. The van der Waals surface area contributed by atoms with Crippen LogP contribution in [0.1, 0.15) is 46.2 Å². The summed E-state index contributed by atoms with van der Waals surface area (Å²) in [5, 5.41) is 9.96. The van der Waals surface area contributed by atoms with Crippen LogP contribution in [0.15, 0.2) is 24.3 Å². The average Bonchev–Trinajstić information content (AvgIpc) is 3.05. The number of phenols is 1. The summed E-state index contributed by atoms with van der Waals surface area (Å²) in [5.74, 6) is 2.26. The molecule has 0 saturated carbocycles. The van der Waals surface area contributed by atoms with E-state index < -0.39 is 0 Å². The van der Waals surface area contributed by atoms with Crippen LogP contribution >= 0.6 is 0 Å². The Morgan fingerprint density at radius 2 is 1.46 bits per heavy atom. The first kappa shape index (κ1) is 20.7. The van der Waals surface area contributed by atoms with Gasteiger partial charge < -0.3 is 14.7 Å². The fourth-order valence-electron chi connectivity index (χ4n) is 4.48. The SMILES string of the molecule is Cc1cc(CCc2cc(C)c(OCCC3CCN(C)C3)c(C)c2)cc(C)c1O. The summed E-state index contributed by atoms with van der Waals surface area (Å²) >= 11 is 0. The second-order valence-corrected chi connectivity index (χ2v) is 8.69. The van der Waals surface area contributed by atoms with Gasteiger partial charge in [-0.2, -0.15) is 0 Å². The van der Waals surface area contributed by atoms with Crippen molar-refractivity contribution in [3.63, 3.8) is 0 Å². The molecule has 1 heterocycles. The molecule has 3 nitrogen and oxygen atoms in total. The largest absolute Gasteiger partial charge is 0.507 e. The molecule has 2 aromatic carbocycles. The second kappa shape index (κ2) is 9.00. The number of aromatic hydroxyl groups is 1. The van der Waals surface area contributed by atoms with Crippen molar-refractivity contribution in [3.05, 3.63) is 57.6 Å². The van der Waals surface area contributed by atoms with Crippen LogP contribution in [0.3, 0.4) is 0 Å². The van der Waals surface area contributed by atoms with Gasteiger partial charge in [-0.05, 0) is 106 Å². The van der Waals surface area contributed by atoms with E-state index in [2.05, 4.69) is 50.1 Å². The van der Waals surface area contributed by atoms with Crippen molar-refractivity contribution in [2.24, 2.45) is 5.92 Å². The lowest BCUT2D eigenvalue weighted by molar-refractivity contribution is 0.273. The quantitative estimate of drug-likeness (QED) is 0.721. The van der Waals surface area contributed by atoms with Gasteiger partial charge in [0.05, 0.1) is 6.61 Å². The molecule has 1 unspecified atom stereocenters. The molecule has 0 spiro atoms. The number of aryl methyl sites for hydroxylation is 6. The van der Waals surface area contributed by atoms with Gasteiger partial charge in [0, 0.05) is 6.54 Å². The molecular formula is C25H35NO2. The van der Waals surface area contributed by atoms with Crippen molar-refractivity contribution in [2.45, 2.75) is 53.4 Å². The molecule has 0 amide bonds. The molecule has 152 valence electrons. The number of hydrogen-bond acceptors (Lipinski definition) is 3. The predicted molar refractivity (Wildman–Crippen MR) is 117 cm³/mol. The van der Waals surface area contributed by atoms with Crippen LogP contribution in [0.5, 0.6) is 11.5 Å². The minimum atomic E-state index is 0.418. The van der Waals surface area contributed by atoms with Gasteiger partial charge in [-0.1, -0.05) is 24.3 Å². The van der Waals surface area contributed by atoms with E-state index in [1.807, 2.05) is 13.8 Å². The van der Waals surface area contributed by atoms with Crippen LogP contribution in [0.2, 0.25) is 0 Å². The zero-order chi connectivity index (χ0) is 20.3.